The van der Waals surface area contributed by atoms with Crippen LogP contribution in [0, 0.1) is 13.8 Å². The van der Waals surface area contributed by atoms with Crippen molar-refractivity contribution in [3.63, 3.8) is 0 Å². The van der Waals surface area contributed by atoms with Crippen molar-refractivity contribution in [3.8, 4) is 11.5 Å². The Morgan fingerprint density at radius 3 is 2.44 bits per heavy atom. The molecule has 4 rings (SSSR count). The number of carbonyl (C=O) groups is 3. The molecule has 3 amide bonds. The van der Waals surface area contributed by atoms with Crippen molar-refractivity contribution >= 4 is 34.6 Å². The lowest BCUT2D eigenvalue weighted by atomic mass is 10.2. The van der Waals surface area contributed by atoms with Crippen LogP contribution >= 0.6 is 0 Å². The van der Waals surface area contributed by atoms with Crippen molar-refractivity contribution in [1.82, 2.24) is 15.3 Å². The molecule has 2 heterocycles. The summed E-state index contributed by atoms with van der Waals surface area (Å²) in [4.78, 5) is 45.1. The number of benzene rings is 2. The third-order valence-electron chi connectivity index (χ3n) is 4.70. The van der Waals surface area contributed by atoms with Crippen molar-refractivity contribution < 1.29 is 28.6 Å². The smallest absolute Gasteiger partial charge is 0.338 e. The van der Waals surface area contributed by atoms with Gasteiger partial charge in [-0.05, 0) is 44.2 Å². The first-order valence-electron chi connectivity index (χ1n) is 9.81. The van der Waals surface area contributed by atoms with Crippen LogP contribution in [-0.2, 0) is 9.53 Å². The monoisotopic (exact) mass is 436 g/mol. The van der Waals surface area contributed by atoms with E-state index in [4.69, 9.17) is 14.2 Å². The number of hydrogen-bond donors (Lipinski definition) is 2. The van der Waals surface area contributed by atoms with E-state index in [1.807, 2.05) is 13.8 Å². The van der Waals surface area contributed by atoms with Gasteiger partial charge in [-0.15, -0.1) is 0 Å². The molecule has 10 heteroatoms. The van der Waals surface area contributed by atoms with Gasteiger partial charge in [0.15, 0.2) is 18.1 Å². The van der Waals surface area contributed by atoms with Crippen LogP contribution in [0.1, 0.15) is 21.7 Å². The molecule has 2 aromatic carbocycles. The van der Waals surface area contributed by atoms with Gasteiger partial charge in [-0.25, -0.2) is 19.6 Å². The first-order valence-corrected chi connectivity index (χ1v) is 9.81. The van der Waals surface area contributed by atoms with Gasteiger partial charge in [0.25, 0.3) is 5.91 Å². The topological polar surface area (TPSA) is 129 Å². The minimum Gasteiger partial charge on any atom is -0.486 e. The second-order valence-electron chi connectivity index (χ2n) is 7.03. The summed E-state index contributed by atoms with van der Waals surface area (Å²) in [5.74, 6) is -0.412. The molecule has 1 aliphatic heterocycles. The zero-order chi connectivity index (χ0) is 22.7. The zero-order valence-corrected chi connectivity index (χ0v) is 17.4. The number of rotatable bonds is 4. The van der Waals surface area contributed by atoms with Crippen molar-refractivity contribution in [2.24, 2.45) is 0 Å². The highest BCUT2D eigenvalue weighted by Crippen LogP contribution is 2.32. The molecule has 164 valence electrons. The number of anilines is 1. The van der Waals surface area contributed by atoms with E-state index in [0.717, 1.165) is 11.4 Å². The average Bonchev–Trinajstić information content (AvgIpc) is 2.77. The summed E-state index contributed by atoms with van der Waals surface area (Å²) in [5, 5.41) is 4.61. The minimum absolute atomic E-state index is 0.226. The molecule has 0 fully saturated rings. The molecule has 1 aromatic heterocycles. The van der Waals surface area contributed by atoms with Crippen LogP contribution in [0.15, 0.2) is 36.4 Å². The lowest BCUT2D eigenvalue weighted by molar-refractivity contribution is -0.123. The van der Waals surface area contributed by atoms with Crippen molar-refractivity contribution in [1.29, 1.82) is 0 Å². The van der Waals surface area contributed by atoms with Crippen LogP contribution in [0.3, 0.4) is 0 Å². The van der Waals surface area contributed by atoms with Crippen LogP contribution in [0.4, 0.5) is 10.5 Å². The molecule has 0 saturated heterocycles. The summed E-state index contributed by atoms with van der Waals surface area (Å²) in [7, 11) is 0. The Morgan fingerprint density at radius 2 is 1.66 bits per heavy atom. The second-order valence-corrected chi connectivity index (χ2v) is 7.03. The molecule has 0 spiro atoms. The summed E-state index contributed by atoms with van der Waals surface area (Å²) in [5.41, 5.74) is 3.40. The van der Waals surface area contributed by atoms with E-state index in [1.165, 1.54) is 0 Å². The number of urea groups is 1. The molecule has 1 aliphatic rings. The SMILES string of the molecule is Cc1nc2ccc(C(=O)OCC(=O)NC(=O)Nc3ccc4c(c3)OCCO4)cc2nc1C. The number of nitrogens with zero attached hydrogens (tertiary/aromatic N) is 2. The van der Waals surface area contributed by atoms with Crippen LogP contribution in [0.5, 0.6) is 11.5 Å². The predicted molar refractivity (Wildman–Crippen MR) is 114 cm³/mol. The normalized spacial score (nSPS) is 12.2. The number of carbonyl (C=O) groups excluding carboxylic acids is 3. The number of aromatic nitrogens is 2. The fourth-order valence-electron chi connectivity index (χ4n) is 3.02. The van der Waals surface area contributed by atoms with E-state index in [0.29, 0.717) is 41.4 Å². The minimum atomic E-state index is -0.777. The number of imide groups is 1. The third-order valence-corrected chi connectivity index (χ3v) is 4.70. The predicted octanol–water partition coefficient (Wildman–Crippen LogP) is 2.52. The van der Waals surface area contributed by atoms with Gasteiger partial charge in [-0.1, -0.05) is 0 Å². The van der Waals surface area contributed by atoms with Gasteiger partial charge in [-0.3, -0.25) is 10.1 Å². The van der Waals surface area contributed by atoms with Crippen molar-refractivity contribution in [3.05, 3.63) is 53.3 Å². The largest absolute Gasteiger partial charge is 0.486 e. The number of nitrogens with one attached hydrogen (secondary N) is 2. The molecular weight excluding hydrogens is 416 g/mol. The summed E-state index contributed by atoms with van der Waals surface area (Å²) < 4.78 is 15.9. The van der Waals surface area contributed by atoms with Gasteiger partial charge >= 0.3 is 12.0 Å². The van der Waals surface area contributed by atoms with Crippen molar-refractivity contribution in [2.75, 3.05) is 25.1 Å². The Hall–Kier alpha value is -4.21. The summed E-state index contributed by atoms with van der Waals surface area (Å²) in [6.07, 6.45) is 0. The van der Waals surface area contributed by atoms with Gasteiger partial charge < -0.3 is 19.5 Å². The highest BCUT2D eigenvalue weighted by Gasteiger charge is 2.16. The number of aryl methyl sites for hydroxylation is 2. The highest BCUT2D eigenvalue weighted by molar-refractivity contribution is 6.02. The Labute approximate surface area is 182 Å². The molecule has 0 unspecified atom stereocenters. The first-order chi connectivity index (χ1) is 15.4. The molecule has 0 aliphatic carbocycles. The molecule has 3 aromatic rings. The molecule has 0 atom stereocenters. The van der Waals surface area contributed by atoms with Crippen LogP contribution in [0.2, 0.25) is 0 Å². The maximum atomic E-state index is 12.3. The number of hydrogen-bond acceptors (Lipinski definition) is 8. The van der Waals surface area contributed by atoms with E-state index in [2.05, 4.69) is 20.6 Å². The van der Waals surface area contributed by atoms with Gasteiger partial charge in [0.2, 0.25) is 0 Å². The lowest BCUT2D eigenvalue weighted by Gasteiger charge is -2.19. The maximum Gasteiger partial charge on any atom is 0.338 e. The van der Waals surface area contributed by atoms with Crippen LogP contribution in [0.25, 0.3) is 11.0 Å². The standard InChI is InChI=1S/C22H20N4O6/c1-12-13(2)24-17-9-14(3-5-16(17)23-12)21(28)32-11-20(27)26-22(29)25-15-4-6-18-19(10-15)31-8-7-30-18/h3-6,9-10H,7-8,11H2,1-2H3,(H2,25,26,27,29). The molecule has 0 bridgehead atoms. The highest BCUT2D eigenvalue weighted by atomic mass is 16.6. The fraction of sp³-hybridized carbons (Fsp3) is 0.227. The number of fused-ring (bicyclic) bond motifs is 2. The Bertz CT molecular complexity index is 1230. The maximum absolute atomic E-state index is 12.3. The molecular formula is C22H20N4O6. The quantitative estimate of drug-likeness (QED) is 0.597. The van der Waals surface area contributed by atoms with E-state index in [9.17, 15) is 14.4 Å². The summed E-state index contributed by atoms with van der Waals surface area (Å²) in [6, 6.07) is 8.84. The van der Waals surface area contributed by atoms with Crippen molar-refractivity contribution in [2.45, 2.75) is 13.8 Å². The molecule has 2 N–H and O–H groups in total. The lowest BCUT2D eigenvalue weighted by Crippen LogP contribution is -2.37. The Balaban J connectivity index is 1.30. The van der Waals surface area contributed by atoms with E-state index < -0.39 is 24.5 Å². The summed E-state index contributed by atoms with van der Waals surface area (Å²) in [6.45, 7) is 3.93. The Kier molecular flexibility index (Phi) is 5.84. The van der Waals surface area contributed by atoms with Gasteiger partial charge in [0.05, 0.1) is 28.0 Å². The van der Waals surface area contributed by atoms with Gasteiger partial charge in [0, 0.05) is 11.8 Å². The number of ether oxygens (including phenoxy) is 3. The number of amides is 3. The summed E-state index contributed by atoms with van der Waals surface area (Å²) >= 11 is 0. The third kappa shape index (κ3) is 4.75. The Morgan fingerprint density at radius 1 is 0.938 bits per heavy atom. The van der Waals surface area contributed by atoms with E-state index in [1.54, 1.807) is 36.4 Å². The number of esters is 1. The molecule has 0 radical (unpaired) electrons. The second kappa shape index (κ2) is 8.88. The van der Waals surface area contributed by atoms with Crippen LogP contribution in [-0.4, -0.2) is 47.7 Å². The molecule has 32 heavy (non-hydrogen) atoms. The average molecular weight is 436 g/mol. The van der Waals surface area contributed by atoms with E-state index >= 15 is 0 Å². The first kappa shape index (κ1) is 21.0. The van der Waals surface area contributed by atoms with Gasteiger partial charge in [0.1, 0.15) is 13.2 Å². The van der Waals surface area contributed by atoms with Gasteiger partial charge in [-0.2, -0.15) is 0 Å². The molecule has 10 nitrogen and oxygen atoms in total. The fourth-order valence-corrected chi connectivity index (χ4v) is 3.02. The van der Waals surface area contributed by atoms with E-state index in [-0.39, 0.29) is 5.56 Å². The van der Waals surface area contributed by atoms with Crippen LogP contribution < -0.4 is 20.1 Å². The molecule has 0 saturated carbocycles. The zero-order valence-electron chi connectivity index (χ0n) is 17.4.